The molecule has 79 heavy (non-hydrogen) atoms. The standard InChI is InChI=1S/C64H110N3O11P/c1-6-9-12-15-18-21-24-26-29-34-41-54(42-35-30-27-25-22-19-16-13-10-7-2)64(71)75-62-58(66-60(69)50-55(68)43-36-31-28-23-20-17-14-11-8-3)51-74-59(52-73-53-61(70)65-48-49-67(4)5)63(62)78-79(72,76-56-44-37-32-38-45-56)77-57-46-39-33-40-47-57/h32-33,37-40,44-47,54-55,58-59,62-63,68H,6-31,34-36,41-43,48-53H2,1-5H3,(H,65,70)(H,66,69)/t55-,58+,59-,62-,63-/m1/s1. The monoisotopic (exact) mass is 1130 g/mol. The highest BCUT2D eigenvalue weighted by molar-refractivity contribution is 7.49. The van der Waals surface area contributed by atoms with Crippen LogP contribution in [0.5, 0.6) is 11.5 Å². The number of aliphatic hydroxyl groups is 1. The summed E-state index contributed by atoms with van der Waals surface area (Å²) in [6.45, 7) is 7.10. The molecule has 0 aliphatic carbocycles. The molecule has 14 nitrogen and oxygen atoms in total. The Hall–Kier alpha value is -3.52. The Kier molecular flexibility index (Phi) is 39.8. The van der Waals surface area contributed by atoms with Gasteiger partial charge in [0.05, 0.1) is 37.7 Å². The number of phosphoric acid groups is 1. The molecule has 2 amide bonds. The maximum atomic E-state index is 15.3. The third-order valence-corrected chi connectivity index (χ3v) is 16.3. The summed E-state index contributed by atoms with van der Waals surface area (Å²) in [5.41, 5.74) is 0. The van der Waals surface area contributed by atoms with Gasteiger partial charge in [-0.3, -0.25) is 18.9 Å². The van der Waals surface area contributed by atoms with Crippen molar-refractivity contribution in [1.82, 2.24) is 15.5 Å². The number of nitrogens with one attached hydrogen (secondary N) is 2. The minimum Gasteiger partial charge on any atom is -0.457 e. The second-order valence-electron chi connectivity index (χ2n) is 22.6. The highest BCUT2D eigenvalue weighted by Gasteiger charge is 2.50. The summed E-state index contributed by atoms with van der Waals surface area (Å²) < 4.78 is 53.3. The fourth-order valence-electron chi connectivity index (χ4n) is 10.2. The van der Waals surface area contributed by atoms with Crippen LogP contribution in [0.1, 0.15) is 233 Å². The summed E-state index contributed by atoms with van der Waals surface area (Å²) in [4.78, 5) is 44.0. The lowest BCUT2D eigenvalue weighted by Crippen LogP contribution is -2.62. The molecule has 3 N–H and O–H groups in total. The number of amides is 2. The van der Waals surface area contributed by atoms with Crippen LogP contribution in [0, 0.1) is 5.92 Å². The Balaban J connectivity index is 1.95. The molecular formula is C64H110N3O11P. The number of carbonyl (C=O) groups excluding carboxylic acids is 3. The van der Waals surface area contributed by atoms with Crippen LogP contribution in [0.15, 0.2) is 60.7 Å². The molecule has 1 heterocycles. The minimum absolute atomic E-state index is 0.133. The fourth-order valence-corrected chi connectivity index (χ4v) is 11.6. The summed E-state index contributed by atoms with van der Waals surface area (Å²) in [5.74, 6) is -1.25. The van der Waals surface area contributed by atoms with E-state index in [1.807, 2.05) is 19.0 Å². The number of ether oxygens (including phenoxy) is 3. The van der Waals surface area contributed by atoms with E-state index >= 15 is 9.36 Å². The van der Waals surface area contributed by atoms with Crippen LogP contribution in [-0.2, 0) is 37.7 Å². The Labute approximate surface area is 479 Å². The first-order valence-electron chi connectivity index (χ1n) is 31.5. The average Bonchev–Trinajstić information content (AvgIpc) is 3.47. The number of hydrogen-bond donors (Lipinski definition) is 3. The first-order valence-corrected chi connectivity index (χ1v) is 33.0. The van der Waals surface area contributed by atoms with Gasteiger partial charge in [0.25, 0.3) is 0 Å². The van der Waals surface area contributed by atoms with Crippen molar-refractivity contribution in [3.05, 3.63) is 60.7 Å². The second-order valence-corrected chi connectivity index (χ2v) is 24.0. The third kappa shape index (κ3) is 33.9. The number of esters is 1. The van der Waals surface area contributed by atoms with E-state index in [-0.39, 0.29) is 43.6 Å². The van der Waals surface area contributed by atoms with Gasteiger partial charge in [-0.2, -0.15) is 0 Å². The van der Waals surface area contributed by atoms with Crippen LogP contribution in [0.2, 0.25) is 0 Å². The van der Waals surface area contributed by atoms with Crippen LogP contribution in [0.25, 0.3) is 0 Å². The molecule has 1 aliphatic heterocycles. The number of rotatable bonds is 50. The first kappa shape index (κ1) is 69.7. The highest BCUT2D eigenvalue weighted by Crippen LogP contribution is 2.52. The smallest absolute Gasteiger partial charge is 0.457 e. The van der Waals surface area contributed by atoms with E-state index in [9.17, 15) is 14.7 Å². The van der Waals surface area contributed by atoms with E-state index in [0.29, 0.717) is 32.4 Å². The number of para-hydroxylation sites is 2. The van der Waals surface area contributed by atoms with Gasteiger partial charge in [0.2, 0.25) is 11.8 Å². The zero-order chi connectivity index (χ0) is 57.0. The average molecular weight is 1130 g/mol. The van der Waals surface area contributed by atoms with Gasteiger partial charge in [-0.1, -0.05) is 243 Å². The van der Waals surface area contributed by atoms with Gasteiger partial charge in [-0.25, -0.2) is 4.57 Å². The van der Waals surface area contributed by atoms with Gasteiger partial charge < -0.3 is 43.9 Å². The highest BCUT2D eigenvalue weighted by atomic mass is 31.2. The number of phosphoric ester groups is 1. The van der Waals surface area contributed by atoms with Gasteiger partial charge in [0.1, 0.15) is 30.3 Å². The molecule has 15 heteroatoms. The molecule has 0 bridgehead atoms. The van der Waals surface area contributed by atoms with E-state index in [0.717, 1.165) is 57.8 Å². The molecule has 0 saturated carbocycles. The molecular weight excluding hydrogens is 1020 g/mol. The number of likely N-dealkylation sites (N-methyl/N-ethyl adjacent to an activating group) is 1. The lowest BCUT2D eigenvalue weighted by molar-refractivity contribution is -0.194. The Bertz CT molecular complexity index is 1790. The second kappa shape index (κ2) is 45.1. The van der Waals surface area contributed by atoms with Crippen molar-refractivity contribution < 1.29 is 51.8 Å². The van der Waals surface area contributed by atoms with Crippen LogP contribution in [0.3, 0.4) is 0 Å². The molecule has 0 radical (unpaired) electrons. The molecule has 1 fully saturated rings. The Morgan fingerprint density at radius 1 is 0.608 bits per heavy atom. The van der Waals surface area contributed by atoms with Crippen LogP contribution in [-0.4, -0.2) is 105 Å². The largest absolute Gasteiger partial charge is 0.588 e. The number of carbonyl (C=O) groups is 3. The molecule has 2 aromatic rings. The normalized spacial score (nSPS) is 17.0. The summed E-state index contributed by atoms with van der Waals surface area (Å²) in [6, 6.07) is 16.0. The minimum atomic E-state index is -4.70. The van der Waals surface area contributed by atoms with Gasteiger partial charge in [0.15, 0.2) is 6.10 Å². The van der Waals surface area contributed by atoms with Crippen molar-refractivity contribution >= 4 is 25.6 Å². The predicted octanol–water partition coefficient (Wildman–Crippen LogP) is 15.0. The van der Waals surface area contributed by atoms with Crippen molar-refractivity contribution in [1.29, 1.82) is 0 Å². The number of unbranched alkanes of at least 4 members (excludes halogenated alkanes) is 26. The molecule has 2 aromatic carbocycles. The van der Waals surface area contributed by atoms with Gasteiger partial charge in [0, 0.05) is 13.1 Å². The lowest BCUT2D eigenvalue weighted by atomic mass is 9.93. The maximum absolute atomic E-state index is 15.3. The number of benzene rings is 2. The summed E-state index contributed by atoms with van der Waals surface area (Å²) in [7, 11) is -0.864. The van der Waals surface area contributed by atoms with Gasteiger partial charge in [-0.05, 0) is 57.6 Å². The zero-order valence-corrected chi connectivity index (χ0v) is 50.9. The molecule has 1 aliphatic rings. The topological polar surface area (TPSA) is 171 Å². The van der Waals surface area contributed by atoms with Crippen molar-refractivity contribution in [3.8, 4) is 11.5 Å². The van der Waals surface area contributed by atoms with Crippen molar-refractivity contribution in [2.24, 2.45) is 5.92 Å². The maximum Gasteiger partial charge on any atom is 0.588 e. The molecule has 0 unspecified atom stereocenters. The molecule has 452 valence electrons. The van der Waals surface area contributed by atoms with Gasteiger partial charge >= 0.3 is 13.8 Å². The first-order chi connectivity index (χ1) is 38.5. The lowest BCUT2D eigenvalue weighted by Gasteiger charge is -2.42. The van der Waals surface area contributed by atoms with Crippen molar-refractivity contribution in [2.75, 3.05) is 47.0 Å². The van der Waals surface area contributed by atoms with Crippen molar-refractivity contribution in [2.45, 2.75) is 263 Å². The van der Waals surface area contributed by atoms with E-state index in [1.165, 1.54) is 128 Å². The van der Waals surface area contributed by atoms with Crippen LogP contribution in [0.4, 0.5) is 0 Å². The quantitative estimate of drug-likeness (QED) is 0.0326. The van der Waals surface area contributed by atoms with Crippen molar-refractivity contribution in [3.63, 3.8) is 0 Å². The predicted molar refractivity (Wildman–Crippen MR) is 319 cm³/mol. The molecule has 3 rings (SSSR count). The van der Waals surface area contributed by atoms with E-state index in [1.54, 1.807) is 60.7 Å². The molecule has 0 aromatic heterocycles. The SMILES string of the molecule is CCCCCCCCCCCCC(CCCCCCCCCCCC)C(=O)O[C@H]1[C@H](OP(=O)(Oc2ccccc2)Oc2ccccc2)[C@@H](COCC(=O)NCCN(C)C)OC[C@@H]1NC(=O)C[C@H](O)CCCCCCCCCCC. The fraction of sp³-hybridized carbons (Fsp3) is 0.766. The van der Waals surface area contributed by atoms with Crippen LogP contribution < -0.4 is 19.7 Å². The zero-order valence-electron chi connectivity index (χ0n) is 50.0. The summed E-state index contributed by atoms with van der Waals surface area (Å²) in [6.07, 6.45) is 30.8. The molecule has 5 atom stereocenters. The number of nitrogens with zero attached hydrogens (tertiary/aromatic N) is 1. The third-order valence-electron chi connectivity index (χ3n) is 15.0. The molecule has 1 saturated heterocycles. The van der Waals surface area contributed by atoms with E-state index in [4.69, 9.17) is 27.8 Å². The number of hydrogen-bond acceptors (Lipinski definition) is 12. The summed E-state index contributed by atoms with van der Waals surface area (Å²) >= 11 is 0. The Morgan fingerprint density at radius 3 is 1.48 bits per heavy atom. The molecule has 0 spiro atoms. The number of aliphatic hydroxyl groups excluding tert-OH is 1. The van der Waals surface area contributed by atoms with E-state index in [2.05, 4.69) is 31.4 Å². The van der Waals surface area contributed by atoms with Crippen LogP contribution >= 0.6 is 7.82 Å². The van der Waals surface area contributed by atoms with Gasteiger partial charge in [-0.15, -0.1) is 0 Å². The Morgan fingerprint density at radius 2 is 1.04 bits per heavy atom. The summed E-state index contributed by atoms with van der Waals surface area (Å²) in [5, 5.41) is 17.0. The van der Waals surface area contributed by atoms with E-state index < -0.39 is 56.1 Å².